The summed E-state index contributed by atoms with van der Waals surface area (Å²) in [6.07, 6.45) is 1.74. The number of carbonyl (C=O) groups excluding carboxylic acids is 2. The van der Waals surface area contributed by atoms with Crippen molar-refractivity contribution in [2.24, 2.45) is 0 Å². The normalized spacial score (nSPS) is 12.7. The molecule has 3 nitrogen and oxygen atoms in total. The van der Waals surface area contributed by atoms with Gasteiger partial charge < -0.3 is 4.90 Å². The van der Waals surface area contributed by atoms with Crippen molar-refractivity contribution in [3.63, 3.8) is 0 Å². The number of nitrogens with zero attached hydrogens (tertiary/aromatic N) is 1. The van der Waals surface area contributed by atoms with E-state index < -0.39 is 0 Å². The van der Waals surface area contributed by atoms with Crippen molar-refractivity contribution in [1.29, 1.82) is 0 Å². The summed E-state index contributed by atoms with van der Waals surface area (Å²) in [5.41, 5.74) is 5.29. The van der Waals surface area contributed by atoms with Gasteiger partial charge in [-0.1, -0.05) is 78.9 Å². The average Bonchev–Trinajstić information content (AvgIpc) is 3.27. The highest BCUT2D eigenvalue weighted by Crippen LogP contribution is 2.37. The van der Waals surface area contributed by atoms with E-state index in [2.05, 4.69) is 95.9 Å². The second-order valence-corrected chi connectivity index (χ2v) is 11.0. The molecule has 0 aromatic heterocycles. The molecular formula is C40H25NO2. The summed E-state index contributed by atoms with van der Waals surface area (Å²) in [4.78, 5) is 28.8. The molecule has 8 rings (SSSR count). The number of benzene rings is 7. The summed E-state index contributed by atoms with van der Waals surface area (Å²) >= 11 is 0. The van der Waals surface area contributed by atoms with Crippen LogP contribution in [0.3, 0.4) is 0 Å². The number of anilines is 3. The van der Waals surface area contributed by atoms with E-state index in [0.717, 1.165) is 54.9 Å². The number of ketones is 2. The van der Waals surface area contributed by atoms with Crippen LogP contribution in [0, 0.1) is 0 Å². The molecule has 7 aromatic rings. The lowest BCUT2D eigenvalue weighted by Gasteiger charge is -2.25. The van der Waals surface area contributed by atoms with E-state index in [-0.39, 0.29) is 17.1 Å². The largest absolute Gasteiger partial charge is 0.310 e. The molecule has 0 heterocycles. The molecule has 0 spiro atoms. The molecule has 0 fully saturated rings. The standard InChI is InChI=1S/C40H25NO2/c42-39-36-24-27-9-7-8-10-28(27)25-37(36)40(43)38(39)20-26-15-16-29-22-32-23-35(18-17-30(32)21-31(29)19-26)41(33-11-3-1-4-12-33)34-13-5-2-6-14-34/h1-25H. The highest BCUT2D eigenvalue weighted by atomic mass is 16.2. The number of rotatable bonds is 4. The first-order chi connectivity index (χ1) is 21.1. The van der Waals surface area contributed by atoms with Crippen LogP contribution in [-0.2, 0) is 0 Å². The Bertz CT molecular complexity index is 2170. The van der Waals surface area contributed by atoms with Gasteiger partial charge >= 0.3 is 0 Å². The van der Waals surface area contributed by atoms with Gasteiger partial charge in [0.05, 0.1) is 5.57 Å². The predicted molar refractivity (Wildman–Crippen MR) is 177 cm³/mol. The minimum atomic E-state index is -0.210. The van der Waals surface area contributed by atoms with E-state index in [0.29, 0.717) is 11.1 Å². The molecule has 0 N–H and O–H groups in total. The molecule has 0 unspecified atom stereocenters. The zero-order chi connectivity index (χ0) is 28.9. The molecule has 0 saturated carbocycles. The summed E-state index contributed by atoms with van der Waals surface area (Å²) < 4.78 is 0. The third-order valence-corrected chi connectivity index (χ3v) is 8.27. The second kappa shape index (κ2) is 9.93. The van der Waals surface area contributed by atoms with Crippen molar-refractivity contribution in [2.45, 2.75) is 0 Å². The van der Waals surface area contributed by atoms with Gasteiger partial charge in [0.15, 0.2) is 11.6 Å². The lowest BCUT2D eigenvalue weighted by molar-refractivity contribution is 0.0990. The van der Waals surface area contributed by atoms with Crippen molar-refractivity contribution in [3.8, 4) is 0 Å². The zero-order valence-electron chi connectivity index (χ0n) is 23.2. The van der Waals surface area contributed by atoms with Crippen LogP contribution in [0.15, 0.2) is 151 Å². The van der Waals surface area contributed by atoms with Gasteiger partial charge in [-0.2, -0.15) is 0 Å². The molecule has 0 radical (unpaired) electrons. The SMILES string of the molecule is O=C1C(=Cc2ccc3cc4cc(N(c5ccccc5)c5ccccc5)ccc4cc3c2)C(=O)c2cc3ccccc3cc21. The van der Waals surface area contributed by atoms with Crippen LogP contribution in [0.1, 0.15) is 26.3 Å². The van der Waals surface area contributed by atoms with Gasteiger partial charge in [0, 0.05) is 28.2 Å². The van der Waals surface area contributed by atoms with Crippen LogP contribution in [0.2, 0.25) is 0 Å². The number of fused-ring (bicyclic) bond motifs is 4. The molecule has 0 saturated heterocycles. The number of hydrogen-bond donors (Lipinski definition) is 0. The lowest BCUT2D eigenvalue weighted by atomic mass is 9.99. The summed E-state index contributed by atoms with van der Waals surface area (Å²) in [6.45, 7) is 0. The van der Waals surface area contributed by atoms with E-state index in [1.165, 1.54) is 0 Å². The summed E-state index contributed by atoms with van der Waals surface area (Å²) in [6, 6.07) is 49.2. The molecule has 202 valence electrons. The first-order valence-electron chi connectivity index (χ1n) is 14.3. The van der Waals surface area contributed by atoms with Gasteiger partial charge in [-0.25, -0.2) is 0 Å². The van der Waals surface area contributed by atoms with Crippen molar-refractivity contribution in [2.75, 3.05) is 4.90 Å². The Morgan fingerprint density at radius 1 is 0.395 bits per heavy atom. The molecule has 3 heteroatoms. The number of para-hydroxylation sites is 2. The molecular weight excluding hydrogens is 526 g/mol. The highest BCUT2D eigenvalue weighted by molar-refractivity contribution is 6.42. The Hall–Kier alpha value is -5.80. The molecule has 0 aliphatic heterocycles. The van der Waals surface area contributed by atoms with E-state index in [9.17, 15) is 9.59 Å². The van der Waals surface area contributed by atoms with Gasteiger partial charge in [-0.15, -0.1) is 0 Å². The average molecular weight is 552 g/mol. The van der Waals surface area contributed by atoms with Gasteiger partial charge in [0.2, 0.25) is 0 Å². The topological polar surface area (TPSA) is 37.4 Å². The van der Waals surface area contributed by atoms with Crippen LogP contribution in [0.5, 0.6) is 0 Å². The van der Waals surface area contributed by atoms with Crippen LogP contribution in [0.4, 0.5) is 17.1 Å². The Balaban J connectivity index is 1.17. The zero-order valence-corrected chi connectivity index (χ0v) is 23.2. The molecule has 7 aromatic carbocycles. The number of carbonyl (C=O) groups is 2. The number of Topliss-reactive ketones (excluding diaryl/α,β-unsaturated/α-hetero) is 2. The summed E-state index contributed by atoms with van der Waals surface area (Å²) in [7, 11) is 0. The fourth-order valence-electron chi connectivity index (χ4n) is 6.14. The third kappa shape index (κ3) is 4.30. The van der Waals surface area contributed by atoms with Gasteiger partial charge in [-0.3, -0.25) is 9.59 Å². The van der Waals surface area contributed by atoms with Crippen LogP contribution in [0.25, 0.3) is 38.4 Å². The third-order valence-electron chi connectivity index (χ3n) is 8.27. The molecule has 43 heavy (non-hydrogen) atoms. The fraction of sp³-hybridized carbons (Fsp3) is 0. The van der Waals surface area contributed by atoms with Gasteiger partial charge in [0.1, 0.15) is 0 Å². The maximum absolute atomic E-state index is 13.3. The maximum Gasteiger partial charge on any atom is 0.197 e. The Morgan fingerprint density at radius 2 is 0.884 bits per heavy atom. The molecule has 1 aliphatic rings. The van der Waals surface area contributed by atoms with Crippen LogP contribution in [-0.4, -0.2) is 11.6 Å². The molecule has 0 amide bonds. The quantitative estimate of drug-likeness (QED) is 0.124. The van der Waals surface area contributed by atoms with Gasteiger partial charge in [-0.05, 0) is 111 Å². The maximum atomic E-state index is 13.3. The van der Waals surface area contributed by atoms with Crippen molar-refractivity contribution in [3.05, 3.63) is 168 Å². The lowest BCUT2D eigenvalue weighted by Crippen LogP contribution is -2.09. The van der Waals surface area contributed by atoms with Crippen LogP contribution >= 0.6 is 0 Å². The van der Waals surface area contributed by atoms with E-state index >= 15 is 0 Å². The van der Waals surface area contributed by atoms with E-state index in [1.54, 1.807) is 6.08 Å². The summed E-state index contributed by atoms with van der Waals surface area (Å²) in [5.74, 6) is -0.420. The van der Waals surface area contributed by atoms with Gasteiger partial charge in [0.25, 0.3) is 0 Å². The predicted octanol–water partition coefficient (Wildman–Crippen LogP) is 10.1. The van der Waals surface area contributed by atoms with Crippen LogP contribution < -0.4 is 4.90 Å². The number of hydrogen-bond acceptors (Lipinski definition) is 3. The van der Waals surface area contributed by atoms with E-state index in [1.807, 2.05) is 54.6 Å². The smallest absolute Gasteiger partial charge is 0.197 e. The van der Waals surface area contributed by atoms with Crippen molar-refractivity contribution >= 4 is 67.0 Å². The number of allylic oxidation sites excluding steroid dienone is 1. The Morgan fingerprint density at radius 3 is 1.47 bits per heavy atom. The first kappa shape index (κ1) is 25.0. The van der Waals surface area contributed by atoms with Crippen molar-refractivity contribution in [1.82, 2.24) is 0 Å². The molecule has 1 aliphatic carbocycles. The van der Waals surface area contributed by atoms with Crippen molar-refractivity contribution < 1.29 is 9.59 Å². The van der Waals surface area contributed by atoms with E-state index in [4.69, 9.17) is 0 Å². The Labute approximate surface area is 248 Å². The highest BCUT2D eigenvalue weighted by Gasteiger charge is 2.33. The minimum absolute atomic E-state index is 0.210. The molecule has 0 bridgehead atoms. The summed E-state index contributed by atoms with van der Waals surface area (Å²) in [5, 5.41) is 6.32. The first-order valence-corrected chi connectivity index (χ1v) is 14.3. The Kier molecular flexibility index (Phi) is 5.76. The minimum Gasteiger partial charge on any atom is -0.310 e. The fourth-order valence-corrected chi connectivity index (χ4v) is 6.14. The second-order valence-electron chi connectivity index (χ2n) is 11.0. The molecule has 0 atom stereocenters. The monoisotopic (exact) mass is 551 g/mol.